The number of aliphatic hydroxyl groups is 1. The maximum atomic E-state index is 12.1. The molecule has 1 atom stereocenters. The fourth-order valence-electron chi connectivity index (χ4n) is 2.11. The SMILES string of the molecule is CCn1c(=O)[nH]c2cc(C(=O)NCC(C)(O)C(=O)O)ccc2c1=O. The number of aliphatic carboxylic acids is 1. The summed E-state index contributed by atoms with van der Waals surface area (Å²) in [4.78, 5) is 49.3. The van der Waals surface area contributed by atoms with Gasteiger partial charge in [0.25, 0.3) is 11.5 Å². The average Bonchev–Trinajstić information content (AvgIpc) is 2.52. The van der Waals surface area contributed by atoms with Crippen LogP contribution < -0.4 is 16.6 Å². The lowest BCUT2D eigenvalue weighted by Gasteiger charge is -2.18. The third-order valence-electron chi connectivity index (χ3n) is 3.61. The molecular formula is C15H17N3O6. The van der Waals surface area contributed by atoms with E-state index in [1.165, 1.54) is 18.2 Å². The Morgan fingerprint density at radius 1 is 1.33 bits per heavy atom. The fourth-order valence-corrected chi connectivity index (χ4v) is 2.11. The van der Waals surface area contributed by atoms with Gasteiger partial charge in [-0.05, 0) is 32.0 Å². The van der Waals surface area contributed by atoms with Crippen LogP contribution in [0.2, 0.25) is 0 Å². The van der Waals surface area contributed by atoms with Crippen molar-refractivity contribution in [1.82, 2.24) is 14.9 Å². The number of hydrogen-bond acceptors (Lipinski definition) is 5. The van der Waals surface area contributed by atoms with Crippen LogP contribution in [0.5, 0.6) is 0 Å². The maximum Gasteiger partial charge on any atom is 0.337 e. The van der Waals surface area contributed by atoms with Gasteiger partial charge in [-0.2, -0.15) is 0 Å². The summed E-state index contributed by atoms with van der Waals surface area (Å²) in [6.07, 6.45) is 0. The van der Waals surface area contributed by atoms with Crippen molar-refractivity contribution in [3.8, 4) is 0 Å². The minimum atomic E-state index is -2.10. The van der Waals surface area contributed by atoms with Crippen LogP contribution in [0.15, 0.2) is 27.8 Å². The van der Waals surface area contributed by atoms with Gasteiger partial charge in [-0.1, -0.05) is 0 Å². The Kier molecular flexibility index (Phi) is 4.56. The number of hydrogen-bond donors (Lipinski definition) is 4. The van der Waals surface area contributed by atoms with E-state index in [2.05, 4.69) is 10.3 Å². The van der Waals surface area contributed by atoms with Crippen LogP contribution >= 0.6 is 0 Å². The Hall–Kier alpha value is -2.94. The molecule has 0 aliphatic rings. The van der Waals surface area contributed by atoms with E-state index >= 15 is 0 Å². The van der Waals surface area contributed by atoms with Crippen LogP contribution in [0.1, 0.15) is 24.2 Å². The number of fused-ring (bicyclic) bond motifs is 1. The van der Waals surface area contributed by atoms with Gasteiger partial charge in [-0.15, -0.1) is 0 Å². The number of carbonyl (C=O) groups is 2. The Balaban J connectivity index is 2.34. The number of nitrogens with one attached hydrogen (secondary N) is 2. The molecule has 0 saturated heterocycles. The summed E-state index contributed by atoms with van der Waals surface area (Å²) < 4.78 is 1.03. The van der Waals surface area contributed by atoms with Gasteiger partial charge in [0.1, 0.15) is 0 Å². The highest BCUT2D eigenvalue weighted by molar-refractivity contribution is 5.97. The standard InChI is InChI=1S/C15H17N3O6/c1-3-18-12(20)9-5-4-8(6-10(9)17-14(18)23)11(19)16-7-15(2,24)13(21)22/h4-6,24H,3,7H2,1-2H3,(H,16,19)(H,17,23)(H,21,22). The van der Waals surface area contributed by atoms with E-state index in [0.29, 0.717) is 0 Å². The lowest BCUT2D eigenvalue weighted by molar-refractivity contribution is -0.155. The monoisotopic (exact) mass is 335 g/mol. The van der Waals surface area contributed by atoms with E-state index in [9.17, 15) is 24.3 Å². The largest absolute Gasteiger partial charge is 0.479 e. The van der Waals surface area contributed by atoms with Crippen LogP contribution in [-0.2, 0) is 11.3 Å². The molecule has 1 aromatic carbocycles. The Morgan fingerprint density at radius 2 is 2.00 bits per heavy atom. The first-order valence-electron chi connectivity index (χ1n) is 7.18. The van der Waals surface area contributed by atoms with Crippen molar-refractivity contribution in [2.75, 3.05) is 6.54 Å². The minimum Gasteiger partial charge on any atom is -0.479 e. The molecule has 1 unspecified atom stereocenters. The van der Waals surface area contributed by atoms with Crippen molar-refractivity contribution >= 4 is 22.8 Å². The molecule has 0 saturated carbocycles. The molecule has 24 heavy (non-hydrogen) atoms. The van der Waals surface area contributed by atoms with E-state index in [-0.39, 0.29) is 23.0 Å². The predicted molar refractivity (Wildman–Crippen MR) is 85.1 cm³/mol. The van der Waals surface area contributed by atoms with Crippen molar-refractivity contribution < 1.29 is 19.8 Å². The van der Waals surface area contributed by atoms with Crippen molar-refractivity contribution in [2.24, 2.45) is 0 Å². The van der Waals surface area contributed by atoms with Crippen molar-refractivity contribution in [3.05, 3.63) is 44.6 Å². The van der Waals surface area contributed by atoms with Gasteiger partial charge in [0.2, 0.25) is 0 Å². The molecule has 0 radical (unpaired) electrons. The molecule has 0 aliphatic heterocycles. The molecule has 1 heterocycles. The number of aromatic nitrogens is 2. The molecule has 2 rings (SSSR count). The zero-order valence-corrected chi connectivity index (χ0v) is 13.1. The number of carbonyl (C=O) groups excluding carboxylic acids is 1. The molecule has 0 fully saturated rings. The van der Waals surface area contributed by atoms with Crippen LogP contribution in [0, 0.1) is 0 Å². The topological polar surface area (TPSA) is 141 Å². The second kappa shape index (κ2) is 6.28. The summed E-state index contributed by atoms with van der Waals surface area (Å²) in [6, 6.07) is 4.11. The zero-order chi connectivity index (χ0) is 18.1. The number of rotatable bonds is 5. The van der Waals surface area contributed by atoms with Crippen LogP contribution in [0.3, 0.4) is 0 Å². The van der Waals surface area contributed by atoms with Gasteiger partial charge >= 0.3 is 11.7 Å². The fraction of sp³-hybridized carbons (Fsp3) is 0.333. The van der Waals surface area contributed by atoms with Crippen molar-refractivity contribution in [2.45, 2.75) is 26.0 Å². The second-order valence-electron chi connectivity index (χ2n) is 5.50. The van der Waals surface area contributed by atoms with Crippen molar-refractivity contribution in [1.29, 1.82) is 0 Å². The number of H-pyrrole nitrogens is 1. The number of amides is 1. The Morgan fingerprint density at radius 3 is 2.58 bits per heavy atom. The van der Waals surface area contributed by atoms with Gasteiger partial charge < -0.3 is 20.5 Å². The lowest BCUT2D eigenvalue weighted by Crippen LogP contribution is -2.46. The zero-order valence-electron chi connectivity index (χ0n) is 13.1. The molecule has 128 valence electrons. The molecule has 4 N–H and O–H groups in total. The third-order valence-corrected chi connectivity index (χ3v) is 3.61. The minimum absolute atomic E-state index is 0.119. The highest BCUT2D eigenvalue weighted by Gasteiger charge is 2.30. The first kappa shape index (κ1) is 17.4. The molecule has 1 aromatic heterocycles. The number of carboxylic acids is 1. The quantitative estimate of drug-likeness (QED) is 0.568. The van der Waals surface area contributed by atoms with Crippen LogP contribution in [0.25, 0.3) is 10.9 Å². The summed E-state index contributed by atoms with van der Waals surface area (Å²) in [5.41, 5.74) is -2.82. The van der Waals surface area contributed by atoms with Gasteiger partial charge in [0.15, 0.2) is 5.60 Å². The Bertz CT molecular complexity index is 925. The van der Waals surface area contributed by atoms with Gasteiger partial charge in [0, 0.05) is 12.1 Å². The highest BCUT2D eigenvalue weighted by atomic mass is 16.4. The smallest absolute Gasteiger partial charge is 0.337 e. The molecular weight excluding hydrogens is 318 g/mol. The molecule has 1 amide bonds. The number of aromatic amines is 1. The van der Waals surface area contributed by atoms with E-state index in [4.69, 9.17) is 5.11 Å². The van der Waals surface area contributed by atoms with Crippen LogP contribution in [-0.4, -0.2) is 43.8 Å². The van der Waals surface area contributed by atoms with E-state index in [1.54, 1.807) is 6.92 Å². The molecule has 0 bridgehead atoms. The van der Waals surface area contributed by atoms with Crippen LogP contribution in [0.4, 0.5) is 0 Å². The van der Waals surface area contributed by atoms with Gasteiger partial charge in [0.05, 0.1) is 17.4 Å². The van der Waals surface area contributed by atoms with E-state index < -0.39 is 35.3 Å². The van der Waals surface area contributed by atoms with E-state index in [1.807, 2.05) is 0 Å². The lowest BCUT2D eigenvalue weighted by atomic mass is 10.1. The summed E-state index contributed by atoms with van der Waals surface area (Å²) in [6.45, 7) is 2.45. The molecule has 0 spiro atoms. The second-order valence-corrected chi connectivity index (χ2v) is 5.50. The van der Waals surface area contributed by atoms with Crippen molar-refractivity contribution in [3.63, 3.8) is 0 Å². The predicted octanol–water partition coefficient (Wildman–Crippen LogP) is -0.725. The first-order valence-corrected chi connectivity index (χ1v) is 7.18. The highest BCUT2D eigenvalue weighted by Crippen LogP contribution is 2.10. The summed E-state index contributed by atoms with van der Waals surface area (Å²) >= 11 is 0. The summed E-state index contributed by atoms with van der Waals surface area (Å²) in [5, 5.41) is 20.9. The first-order chi connectivity index (χ1) is 11.2. The summed E-state index contributed by atoms with van der Waals surface area (Å²) in [7, 11) is 0. The number of benzene rings is 1. The average molecular weight is 335 g/mol. The van der Waals surface area contributed by atoms with E-state index in [0.717, 1.165) is 11.5 Å². The molecule has 9 nitrogen and oxygen atoms in total. The molecule has 9 heteroatoms. The Labute approximate surface area is 135 Å². The number of carboxylic acid groups (broad SMARTS) is 1. The van der Waals surface area contributed by atoms with Gasteiger partial charge in [-0.25, -0.2) is 9.59 Å². The molecule has 0 aliphatic carbocycles. The third kappa shape index (κ3) is 3.20. The normalized spacial score (nSPS) is 13.5. The van der Waals surface area contributed by atoms with Gasteiger partial charge in [-0.3, -0.25) is 14.2 Å². The molecule has 2 aromatic rings. The summed E-state index contributed by atoms with van der Waals surface area (Å²) in [5.74, 6) is -2.11. The number of nitrogens with zero attached hydrogens (tertiary/aromatic N) is 1. The maximum absolute atomic E-state index is 12.1.